The summed E-state index contributed by atoms with van der Waals surface area (Å²) in [6, 6.07) is 8.04. The van der Waals surface area contributed by atoms with E-state index in [9.17, 15) is 14.4 Å². The molecule has 1 aliphatic rings. The van der Waals surface area contributed by atoms with Crippen molar-refractivity contribution < 1.29 is 23.9 Å². The van der Waals surface area contributed by atoms with Crippen LogP contribution in [-0.2, 0) is 14.3 Å². The Morgan fingerprint density at radius 1 is 0.862 bits per heavy atom. The van der Waals surface area contributed by atoms with Crippen molar-refractivity contribution in [3.05, 3.63) is 35.9 Å². The molecule has 0 spiro atoms. The average Bonchev–Trinajstić information content (AvgIpc) is 2.82. The lowest BCUT2D eigenvalue weighted by Crippen LogP contribution is -2.48. The topological polar surface area (TPSA) is 76.2 Å². The fourth-order valence-corrected chi connectivity index (χ4v) is 3.04. The van der Waals surface area contributed by atoms with Gasteiger partial charge in [0.25, 0.3) is 5.91 Å². The molecule has 1 saturated heterocycles. The highest BCUT2D eigenvalue weighted by Gasteiger charge is 2.37. The van der Waals surface area contributed by atoms with Crippen molar-refractivity contribution in [3.8, 4) is 0 Å². The smallest absolute Gasteiger partial charge is 0.410 e. The van der Waals surface area contributed by atoms with Gasteiger partial charge in [-0.15, -0.1) is 0 Å². The Morgan fingerprint density at radius 2 is 1.45 bits per heavy atom. The van der Waals surface area contributed by atoms with Gasteiger partial charge in [0.1, 0.15) is 17.2 Å². The molecule has 1 unspecified atom stereocenters. The average molecular weight is 405 g/mol. The molecule has 0 saturated carbocycles. The first-order valence-electron chi connectivity index (χ1n) is 9.94. The van der Waals surface area contributed by atoms with Gasteiger partial charge >= 0.3 is 12.1 Å². The Morgan fingerprint density at radius 3 is 2.00 bits per heavy atom. The summed E-state index contributed by atoms with van der Waals surface area (Å²) in [6.07, 6.45) is -0.165. The van der Waals surface area contributed by atoms with E-state index in [-0.39, 0.29) is 25.4 Å². The maximum atomic E-state index is 13.1. The summed E-state index contributed by atoms with van der Waals surface area (Å²) in [6.45, 7) is 11.6. The number of ether oxygens (including phenoxy) is 2. The van der Waals surface area contributed by atoms with E-state index in [1.165, 1.54) is 4.90 Å². The van der Waals surface area contributed by atoms with Gasteiger partial charge in [-0.2, -0.15) is 0 Å². The number of esters is 1. The van der Waals surface area contributed by atoms with Crippen LogP contribution in [0.3, 0.4) is 0 Å². The van der Waals surface area contributed by atoms with Gasteiger partial charge in [0, 0.05) is 25.2 Å². The normalized spacial score (nSPS) is 18.1. The third-order valence-electron chi connectivity index (χ3n) is 4.27. The van der Waals surface area contributed by atoms with Gasteiger partial charge in [0.15, 0.2) is 0 Å². The van der Waals surface area contributed by atoms with Gasteiger partial charge in [-0.1, -0.05) is 18.2 Å². The minimum absolute atomic E-state index is 0.219. The quantitative estimate of drug-likeness (QED) is 0.706. The SMILES string of the molecule is CC(C)(C)OC(=O)C1CCN(C(=O)OC(C)(C)C)CCN1C(=O)c1ccccc1. The number of carbonyl (C=O) groups excluding carboxylic acids is 3. The molecule has 29 heavy (non-hydrogen) atoms. The Labute approximate surface area is 172 Å². The van der Waals surface area contributed by atoms with Crippen LogP contribution in [0.4, 0.5) is 4.79 Å². The van der Waals surface area contributed by atoms with Gasteiger partial charge in [0.05, 0.1) is 0 Å². The van der Waals surface area contributed by atoms with Gasteiger partial charge < -0.3 is 19.3 Å². The molecule has 0 bridgehead atoms. The van der Waals surface area contributed by atoms with E-state index in [1.807, 2.05) is 6.07 Å². The summed E-state index contributed by atoms with van der Waals surface area (Å²) in [5.41, 5.74) is -0.796. The number of amides is 2. The summed E-state index contributed by atoms with van der Waals surface area (Å²) in [5.74, 6) is -0.722. The number of hydrogen-bond acceptors (Lipinski definition) is 5. The Balaban J connectivity index is 2.25. The summed E-state index contributed by atoms with van der Waals surface area (Å²) in [4.78, 5) is 41.5. The number of rotatable bonds is 2. The first-order chi connectivity index (χ1) is 13.4. The van der Waals surface area contributed by atoms with E-state index < -0.39 is 29.3 Å². The monoisotopic (exact) mass is 404 g/mol. The second-order valence-electron chi connectivity index (χ2n) is 9.17. The van der Waals surface area contributed by atoms with E-state index in [1.54, 1.807) is 70.7 Å². The van der Waals surface area contributed by atoms with E-state index in [4.69, 9.17) is 9.47 Å². The Kier molecular flexibility index (Phi) is 6.93. The predicted molar refractivity (Wildman–Crippen MR) is 110 cm³/mol. The Bertz CT molecular complexity index is 734. The summed E-state index contributed by atoms with van der Waals surface area (Å²) < 4.78 is 11.0. The highest BCUT2D eigenvalue weighted by atomic mass is 16.6. The number of carbonyl (C=O) groups is 3. The van der Waals surface area contributed by atoms with Crippen molar-refractivity contribution in [3.63, 3.8) is 0 Å². The lowest BCUT2D eigenvalue weighted by molar-refractivity contribution is -0.160. The minimum Gasteiger partial charge on any atom is -0.458 e. The van der Waals surface area contributed by atoms with Crippen LogP contribution in [0, 0.1) is 0 Å². The first kappa shape index (κ1) is 22.7. The van der Waals surface area contributed by atoms with Crippen LogP contribution in [-0.4, -0.2) is 64.6 Å². The van der Waals surface area contributed by atoms with Gasteiger partial charge in [-0.25, -0.2) is 9.59 Å². The first-order valence-corrected chi connectivity index (χ1v) is 9.94. The van der Waals surface area contributed by atoms with Crippen molar-refractivity contribution >= 4 is 18.0 Å². The molecule has 2 rings (SSSR count). The molecular weight excluding hydrogens is 372 g/mol. The highest BCUT2D eigenvalue weighted by Crippen LogP contribution is 2.20. The maximum Gasteiger partial charge on any atom is 0.410 e. The zero-order valence-corrected chi connectivity index (χ0v) is 18.2. The van der Waals surface area contributed by atoms with Crippen molar-refractivity contribution in [2.24, 2.45) is 0 Å². The van der Waals surface area contributed by atoms with Crippen molar-refractivity contribution in [1.82, 2.24) is 9.80 Å². The Hall–Kier alpha value is -2.57. The maximum absolute atomic E-state index is 13.1. The van der Waals surface area contributed by atoms with Crippen molar-refractivity contribution in [2.75, 3.05) is 19.6 Å². The zero-order chi connectivity index (χ0) is 21.8. The van der Waals surface area contributed by atoms with E-state index in [0.29, 0.717) is 12.1 Å². The van der Waals surface area contributed by atoms with Gasteiger partial charge in [-0.05, 0) is 60.1 Å². The summed E-state index contributed by atoms with van der Waals surface area (Å²) >= 11 is 0. The molecule has 1 fully saturated rings. The molecule has 7 nitrogen and oxygen atoms in total. The molecule has 0 aliphatic carbocycles. The minimum atomic E-state index is -0.769. The third kappa shape index (κ3) is 6.76. The molecule has 2 amide bonds. The van der Waals surface area contributed by atoms with E-state index >= 15 is 0 Å². The second kappa shape index (κ2) is 8.84. The molecule has 7 heteroatoms. The fourth-order valence-electron chi connectivity index (χ4n) is 3.04. The van der Waals surface area contributed by atoms with Crippen molar-refractivity contribution in [1.29, 1.82) is 0 Å². The summed E-state index contributed by atoms with van der Waals surface area (Å²) in [7, 11) is 0. The van der Waals surface area contributed by atoms with Gasteiger partial charge in [-0.3, -0.25) is 4.79 Å². The third-order valence-corrected chi connectivity index (χ3v) is 4.27. The van der Waals surface area contributed by atoms with Gasteiger partial charge in [0.2, 0.25) is 0 Å². The van der Waals surface area contributed by atoms with Crippen LogP contribution < -0.4 is 0 Å². The molecular formula is C22H32N2O5. The number of benzene rings is 1. The van der Waals surface area contributed by atoms with E-state index in [0.717, 1.165) is 0 Å². The molecule has 0 radical (unpaired) electrons. The molecule has 1 aliphatic heterocycles. The molecule has 160 valence electrons. The largest absolute Gasteiger partial charge is 0.458 e. The van der Waals surface area contributed by atoms with Crippen LogP contribution in [0.1, 0.15) is 58.3 Å². The molecule has 1 atom stereocenters. The van der Waals surface area contributed by atoms with Crippen LogP contribution in [0.25, 0.3) is 0 Å². The molecule has 1 aromatic carbocycles. The van der Waals surface area contributed by atoms with Crippen molar-refractivity contribution in [2.45, 2.75) is 65.2 Å². The highest BCUT2D eigenvalue weighted by molar-refractivity contribution is 5.97. The molecule has 1 aromatic rings. The lowest BCUT2D eigenvalue weighted by atomic mass is 10.1. The lowest BCUT2D eigenvalue weighted by Gasteiger charge is -2.30. The van der Waals surface area contributed by atoms with Crippen LogP contribution in [0.15, 0.2) is 30.3 Å². The molecule has 0 N–H and O–H groups in total. The van der Waals surface area contributed by atoms with E-state index in [2.05, 4.69) is 0 Å². The zero-order valence-electron chi connectivity index (χ0n) is 18.2. The fraction of sp³-hybridized carbons (Fsp3) is 0.591. The molecule has 0 aromatic heterocycles. The predicted octanol–water partition coefficient (Wildman–Crippen LogP) is 3.48. The second-order valence-corrected chi connectivity index (χ2v) is 9.17. The number of nitrogens with zero attached hydrogens (tertiary/aromatic N) is 2. The van der Waals surface area contributed by atoms with Crippen LogP contribution in [0.5, 0.6) is 0 Å². The standard InChI is InChI=1S/C22H32N2O5/c1-21(2,3)28-19(26)17-12-13-23(20(27)29-22(4,5)6)14-15-24(17)18(25)16-10-8-7-9-11-16/h7-11,17H,12-15H2,1-6H3. The molecule has 1 heterocycles. The van der Waals surface area contributed by atoms with Crippen LogP contribution in [0.2, 0.25) is 0 Å². The number of hydrogen-bond donors (Lipinski definition) is 0. The van der Waals surface area contributed by atoms with Crippen LogP contribution >= 0.6 is 0 Å². The summed E-state index contributed by atoms with van der Waals surface area (Å²) in [5, 5.41) is 0.